The van der Waals surface area contributed by atoms with Crippen molar-refractivity contribution < 1.29 is 18.0 Å². The summed E-state index contributed by atoms with van der Waals surface area (Å²) >= 11 is 0. The molecule has 110 valence electrons. The summed E-state index contributed by atoms with van der Waals surface area (Å²) in [4.78, 5) is 25.4. The van der Waals surface area contributed by atoms with Crippen LogP contribution in [0.3, 0.4) is 0 Å². The van der Waals surface area contributed by atoms with Gasteiger partial charge in [-0.25, -0.2) is 0 Å². The third kappa shape index (κ3) is 3.40. The topological polar surface area (TPSA) is 62.0 Å². The largest absolute Gasteiger partial charge is 0.417 e. The molecule has 0 bridgehead atoms. The van der Waals surface area contributed by atoms with E-state index in [1.807, 2.05) is 4.98 Å². The number of aromatic nitrogens is 1. The molecule has 7 heteroatoms. The molecule has 0 unspecified atom stereocenters. The minimum atomic E-state index is -4.56. The molecule has 1 aliphatic carbocycles. The molecule has 1 aromatic rings. The van der Waals surface area contributed by atoms with Gasteiger partial charge < -0.3 is 10.3 Å². The van der Waals surface area contributed by atoms with Gasteiger partial charge in [0.25, 0.3) is 5.56 Å². The molecule has 0 spiro atoms. The second-order valence-electron chi connectivity index (χ2n) is 4.95. The number of rotatable bonds is 2. The van der Waals surface area contributed by atoms with E-state index in [4.69, 9.17) is 0 Å². The van der Waals surface area contributed by atoms with Crippen LogP contribution < -0.4 is 10.9 Å². The lowest BCUT2D eigenvalue weighted by Gasteiger charge is -2.20. The average molecular weight is 288 g/mol. The van der Waals surface area contributed by atoms with Crippen LogP contribution in [0.1, 0.15) is 37.7 Å². The molecule has 1 heterocycles. The van der Waals surface area contributed by atoms with Gasteiger partial charge >= 0.3 is 6.18 Å². The number of hydrogen-bond acceptors (Lipinski definition) is 2. The molecule has 2 rings (SSSR count). The summed E-state index contributed by atoms with van der Waals surface area (Å²) in [6, 6.07) is 0.666. The Morgan fingerprint density at radius 3 is 2.50 bits per heavy atom. The van der Waals surface area contributed by atoms with Crippen LogP contribution in [0, 0.1) is 5.92 Å². The fourth-order valence-electron chi connectivity index (χ4n) is 2.34. The van der Waals surface area contributed by atoms with Crippen molar-refractivity contribution in [3.63, 3.8) is 0 Å². The summed E-state index contributed by atoms with van der Waals surface area (Å²) in [5.41, 5.74) is -2.08. The molecule has 1 fully saturated rings. The second kappa shape index (κ2) is 5.68. The molecular weight excluding hydrogens is 273 g/mol. The van der Waals surface area contributed by atoms with Crippen LogP contribution in [0.2, 0.25) is 0 Å². The van der Waals surface area contributed by atoms with Crippen molar-refractivity contribution in [3.8, 4) is 0 Å². The molecule has 0 aromatic carbocycles. The highest BCUT2D eigenvalue weighted by atomic mass is 19.4. The Labute approximate surface area is 113 Å². The molecule has 1 amide bonds. The molecular formula is C13H15F3N2O2. The summed E-state index contributed by atoms with van der Waals surface area (Å²) in [5.74, 6) is -0.604. The predicted molar refractivity (Wildman–Crippen MR) is 67.3 cm³/mol. The lowest BCUT2D eigenvalue weighted by molar-refractivity contribution is -0.137. The second-order valence-corrected chi connectivity index (χ2v) is 4.95. The van der Waals surface area contributed by atoms with Crippen molar-refractivity contribution in [2.45, 2.75) is 38.3 Å². The lowest BCUT2D eigenvalue weighted by atomic mass is 9.88. The molecule has 0 radical (unpaired) electrons. The van der Waals surface area contributed by atoms with Crippen molar-refractivity contribution in [3.05, 3.63) is 28.2 Å². The number of pyridine rings is 1. The number of alkyl halides is 3. The predicted octanol–water partition coefficient (Wildman–Crippen LogP) is 2.91. The number of anilines is 1. The van der Waals surface area contributed by atoms with E-state index in [2.05, 4.69) is 5.32 Å². The van der Waals surface area contributed by atoms with Gasteiger partial charge in [-0.2, -0.15) is 13.2 Å². The van der Waals surface area contributed by atoms with Crippen LogP contribution in [0.25, 0.3) is 0 Å². The summed E-state index contributed by atoms with van der Waals surface area (Å²) in [7, 11) is 0. The maximum absolute atomic E-state index is 12.6. The van der Waals surface area contributed by atoms with Crippen LogP contribution in [0.4, 0.5) is 18.9 Å². The monoisotopic (exact) mass is 288 g/mol. The van der Waals surface area contributed by atoms with Gasteiger partial charge in [-0.15, -0.1) is 0 Å². The maximum atomic E-state index is 12.6. The zero-order valence-corrected chi connectivity index (χ0v) is 10.7. The first-order chi connectivity index (χ1) is 9.38. The van der Waals surface area contributed by atoms with Crippen molar-refractivity contribution in [2.75, 3.05) is 5.32 Å². The van der Waals surface area contributed by atoms with Gasteiger partial charge in [0.2, 0.25) is 5.91 Å². The number of hydrogen-bond donors (Lipinski definition) is 2. The SMILES string of the molecule is O=C(Nc1cc(C(F)(F)F)c[nH]c1=O)C1CCCCC1. The van der Waals surface area contributed by atoms with E-state index in [0.717, 1.165) is 19.3 Å². The Kier molecular flexibility index (Phi) is 4.15. The van der Waals surface area contributed by atoms with Gasteiger partial charge in [0.1, 0.15) is 5.69 Å². The summed E-state index contributed by atoms with van der Waals surface area (Å²) in [5, 5.41) is 2.31. The van der Waals surface area contributed by atoms with Gasteiger partial charge in [-0.3, -0.25) is 9.59 Å². The Morgan fingerprint density at radius 2 is 1.90 bits per heavy atom. The van der Waals surface area contributed by atoms with Crippen LogP contribution in [-0.4, -0.2) is 10.9 Å². The maximum Gasteiger partial charge on any atom is 0.417 e. The third-order valence-electron chi connectivity index (χ3n) is 3.46. The Bertz CT molecular complexity index is 545. The molecule has 1 aromatic heterocycles. The van der Waals surface area contributed by atoms with E-state index in [-0.39, 0.29) is 17.5 Å². The van der Waals surface area contributed by atoms with Crippen LogP contribution >= 0.6 is 0 Å². The number of nitrogens with one attached hydrogen (secondary N) is 2. The quantitative estimate of drug-likeness (QED) is 0.879. The summed E-state index contributed by atoms with van der Waals surface area (Å²) in [6.45, 7) is 0. The molecule has 4 nitrogen and oxygen atoms in total. The molecule has 1 aliphatic rings. The minimum Gasteiger partial charge on any atom is -0.327 e. The number of H-pyrrole nitrogens is 1. The van der Waals surface area contributed by atoms with Crippen molar-refractivity contribution in [1.29, 1.82) is 0 Å². The Hall–Kier alpha value is -1.79. The van der Waals surface area contributed by atoms with Gasteiger partial charge in [0.05, 0.1) is 5.56 Å². The van der Waals surface area contributed by atoms with Crippen molar-refractivity contribution in [2.24, 2.45) is 5.92 Å². The van der Waals surface area contributed by atoms with E-state index in [9.17, 15) is 22.8 Å². The van der Waals surface area contributed by atoms with Crippen LogP contribution in [0.15, 0.2) is 17.1 Å². The van der Waals surface area contributed by atoms with E-state index in [1.54, 1.807) is 0 Å². The zero-order chi connectivity index (χ0) is 14.8. The van der Waals surface area contributed by atoms with E-state index < -0.39 is 17.3 Å². The summed E-state index contributed by atoms with van der Waals surface area (Å²) in [6.07, 6.45) is 0.376. The number of halogens is 3. The molecule has 0 atom stereocenters. The normalized spacial score (nSPS) is 16.9. The number of carbonyl (C=O) groups is 1. The highest BCUT2D eigenvalue weighted by molar-refractivity contribution is 5.92. The van der Waals surface area contributed by atoms with E-state index in [1.165, 1.54) is 0 Å². The van der Waals surface area contributed by atoms with Crippen molar-refractivity contribution >= 4 is 11.6 Å². The minimum absolute atomic E-state index is 0.224. The van der Waals surface area contributed by atoms with Crippen LogP contribution in [-0.2, 0) is 11.0 Å². The van der Waals surface area contributed by atoms with Gasteiger partial charge in [0.15, 0.2) is 0 Å². The number of carbonyl (C=O) groups excluding carboxylic acids is 1. The van der Waals surface area contributed by atoms with Crippen LogP contribution in [0.5, 0.6) is 0 Å². The Balaban J connectivity index is 2.16. The fraction of sp³-hybridized carbons (Fsp3) is 0.538. The van der Waals surface area contributed by atoms with E-state index in [0.29, 0.717) is 25.1 Å². The number of amides is 1. The van der Waals surface area contributed by atoms with E-state index >= 15 is 0 Å². The Morgan fingerprint density at radius 1 is 1.25 bits per heavy atom. The van der Waals surface area contributed by atoms with Gasteiger partial charge in [-0.05, 0) is 18.9 Å². The lowest BCUT2D eigenvalue weighted by Crippen LogP contribution is -2.28. The van der Waals surface area contributed by atoms with Crippen molar-refractivity contribution in [1.82, 2.24) is 4.98 Å². The molecule has 20 heavy (non-hydrogen) atoms. The molecule has 0 saturated heterocycles. The van der Waals surface area contributed by atoms with Gasteiger partial charge in [0, 0.05) is 12.1 Å². The highest BCUT2D eigenvalue weighted by Crippen LogP contribution is 2.29. The first kappa shape index (κ1) is 14.6. The average Bonchev–Trinajstić information content (AvgIpc) is 2.41. The summed E-state index contributed by atoms with van der Waals surface area (Å²) < 4.78 is 37.7. The molecule has 1 saturated carbocycles. The van der Waals surface area contributed by atoms with Gasteiger partial charge in [-0.1, -0.05) is 19.3 Å². The molecule has 2 N–H and O–H groups in total. The molecule has 0 aliphatic heterocycles. The third-order valence-corrected chi connectivity index (χ3v) is 3.46. The fourth-order valence-corrected chi connectivity index (χ4v) is 2.34. The number of aromatic amines is 1. The first-order valence-corrected chi connectivity index (χ1v) is 6.49. The standard InChI is InChI=1S/C13H15F3N2O2/c14-13(15,16)9-6-10(12(20)17-7-9)18-11(19)8-4-2-1-3-5-8/h6-8H,1-5H2,(H,17,20)(H,18,19). The highest BCUT2D eigenvalue weighted by Gasteiger charge is 2.32. The zero-order valence-electron chi connectivity index (χ0n) is 10.7. The smallest absolute Gasteiger partial charge is 0.327 e. The first-order valence-electron chi connectivity index (χ1n) is 6.49.